The van der Waals surface area contributed by atoms with Crippen molar-refractivity contribution >= 4 is 22.4 Å². The fraction of sp³-hybridized carbons (Fsp3) is 1.00. The summed E-state index contributed by atoms with van der Waals surface area (Å²) in [5.41, 5.74) is 0. The molecule has 0 aromatic rings. The molecule has 0 radical (unpaired) electrons. The van der Waals surface area contributed by atoms with Crippen molar-refractivity contribution < 1.29 is 13.2 Å². The average Bonchev–Trinajstić information content (AvgIpc) is 2.57. The molecule has 7 heteroatoms. The van der Waals surface area contributed by atoms with Crippen LogP contribution >= 0.6 is 12.4 Å². The second-order valence-corrected chi connectivity index (χ2v) is 6.89. The minimum Gasteiger partial charge on any atom is -0.381 e. The Bertz CT molecular complexity index is 350. The largest absolute Gasteiger partial charge is 0.381 e. The lowest BCUT2D eigenvalue weighted by Gasteiger charge is -2.23. The third kappa shape index (κ3) is 4.06. The minimum atomic E-state index is -3.13. The molecule has 0 aromatic heterocycles. The lowest BCUT2D eigenvalue weighted by atomic mass is 10.1. The van der Waals surface area contributed by atoms with E-state index in [1.54, 1.807) is 4.31 Å². The van der Waals surface area contributed by atoms with Gasteiger partial charge in [0, 0.05) is 31.8 Å². The molecule has 18 heavy (non-hydrogen) atoms. The van der Waals surface area contributed by atoms with Crippen LogP contribution in [0, 0.1) is 0 Å². The van der Waals surface area contributed by atoms with Crippen molar-refractivity contribution in [2.24, 2.45) is 0 Å². The van der Waals surface area contributed by atoms with Gasteiger partial charge in [-0.05, 0) is 26.2 Å². The summed E-state index contributed by atoms with van der Waals surface area (Å²) < 4.78 is 31.0. The van der Waals surface area contributed by atoms with E-state index >= 15 is 0 Å². The zero-order valence-electron chi connectivity index (χ0n) is 10.8. The number of nitrogens with one attached hydrogen (secondary N) is 1. The molecule has 2 bridgehead atoms. The highest BCUT2D eigenvalue weighted by molar-refractivity contribution is 7.89. The fourth-order valence-corrected chi connectivity index (χ4v) is 3.98. The highest BCUT2D eigenvalue weighted by Crippen LogP contribution is 2.22. The van der Waals surface area contributed by atoms with Crippen molar-refractivity contribution in [3.8, 4) is 0 Å². The van der Waals surface area contributed by atoms with Gasteiger partial charge in [0.05, 0.1) is 12.4 Å². The maximum atomic E-state index is 12.1. The molecule has 2 fully saturated rings. The summed E-state index contributed by atoms with van der Waals surface area (Å²) in [7, 11) is -3.13. The van der Waals surface area contributed by atoms with Crippen LogP contribution in [0.15, 0.2) is 0 Å². The van der Waals surface area contributed by atoms with Gasteiger partial charge in [-0.1, -0.05) is 0 Å². The number of hydrogen-bond donors (Lipinski definition) is 1. The van der Waals surface area contributed by atoms with Gasteiger partial charge in [0.1, 0.15) is 0 Å². The van der Waals surface area contributed by atoms with Crippen molar-refractivity contribution in [3.05, 3.63) is 0 Å². The predicted octanol–water partition coefficient (Wildman–Crippen LogP) is 0.601. The van der Waals surface area contributed by atoms with Gasteiger partial charge in [-0.25, -0.2) is 12.7 Å². The summed E-state index contributed by atoms with van der Waals surface area (Å²) in [6.45, 7) is 4.04. The molecule has 2 aliphatic rings. The number of halogens is 1. The summed E-state index contributed by atoms with van der Waals surface area (Å²) in [6.07, 6.45) is 3.23. The molecule has 0 amide bonds. The fourth-order valence-electron chi connectivity index (χ4n) is 2.60. The van der Waals surface area contributed by atoms with E-state index in [-0.39, 0.29) is 18.2 Å². The van der Waals surface area contributed by atoms with Crippen LogP contribution in [0.4, 0.5) is 0 Å². The van der Waals surface area contributed by atoms with E-state index in [9.17, 15) is 8.42 Å². The van der Waals surface area contributed by atoms with Crippen LogP contribution in [0.2, 0.25) is 0 Å². The molecular formula is C11H23ClN2O3S. The van der Waals surface area contributed by atoms with Crippen molar-refractivity contribution in [2.45, 2.75) is 38.3 Å². The number of fused-ring (bicyclic) bond motifs is 2. The highest BCUT2D eigenvalue weighted by Gasteiger charge is 2.33. The minimum absolute atomic E-state index is 0. The quantitative estimate of drug-likeness (QED) is 0.755. The maximum absolute atomic E-state index is 12.1. The lowest BCUT2D eigenvalue weighted by molar-refractivity contribution is 0.162. The van der Waals surface area contributed by atoms with Crippen LogP contribution in [-0.2, 0) is 14.8 Å². The van der Waals surface area contributed by atoms with Crippen LogP contribution in [0.5, 0.6) is 0 Å². The molecule has 1 N–H and O–H groups in total. The van der Waals surface area contributed by atoms with Gasteiger partial charge in [0.2, 0.25) is 10.0 Å². The van der Waals surface area contributed by atoms with Crippen LogP contribution in [-0.4, -0.2) is 56.9 Å². The standard InChI is InChI=1S/C11H22N2O3S.ClH/c1-2-16-7-8-17(14,15)13-6-5-10-3-4-11(9-13)12-10;/h10-12H,2-9H2,1H3;1H. The molecule has 108 valence electrons. The normalized spacial score (nSPS) is 28.7. The van der Waals surface area contributed by atoms with Crippen molar-refractivity contribution in [2.75, 3.05) is 32.1 Å². The molecule has 2 unspecified atom stereocenters. The van der Waals surface area contributed by atoms with Crippen LogP contribution in [0.25, 0.3) is 0 Å². The van der Waals surface area contributed by atoms with Gasteiger partial charge >= 0.3 is 0 Å². The predicted molar refractivity (Wildman–Crippen MR) is 73.7 cm³/mol. The van der Waals surface area contributed by atoms with Crippen molar-refractivity contribution in [3.63, 3.8) is 0 Å². The van der Waals surface area contributed by atoms with Crippen LogP contribution in [0.3, 0.4) is 0 Å². The lowest BCUT2D eigenvalue weighted by Crippen LogP contribution is -2.40. The highest BCUT2D eigenvalue weighted by atomic mass is 35.5. The third-order valence-corrected chi connectivity index (χ3v) is 5.37. The number of nitrogens with zero attached hydrogens (tertiary/aromatic N) is 1. The molecular weight excluding hydrogens is 276 g/mol. The second-order valence-electron chi connectivity index (χ2n) is 4.80. The first-order chi connectivity index (χ1) is 8.12. The van der Waals surface area contributed by atoms with Crippen LogP contribution < -0.4 is 5.32 Å². The summed E-state index contributed by atoms with van der Waals surface area (Å²) in [5.74, 6) is 0.109. The number of sulfonamides is 1. The first-order valence-corrected chi connectivity index (χ1v) is 8.04. The van der Waals surface area contributed by atoms with Crippen molar-refractivity contribution in [1.82, 2.24) is 9.62 Å². The Morgan fingerprint density at radius 1 is 1.28 bits per heavy atom. The van der Waals surface area contributed by atoms with Gasteiger partial charge in [0.25, 0.3) is 0 Å². The van der Waals surface area contributed by atoms with Gasteiger partial charge in [-0.15, -0.1) is 12.4 Å². The molecule has 2 rings (SSSR count). The first kappa shape index (κ1) is 16.2. The molecule has 2 aliphatic heterocycles. The zero-order valence-corrected chi connectivity index (χ0v) is 12.4. The Morgan fingerprint density at radius 3 is 2.72 bits per heavy atom. The summed E-state index contributed by atoms with van der Waals surface area (Å²) >= 11 is 0. The summed E-state index contributed by atoms with van der Waals surface area (Å²) in [6, 6.07) is 0.872. The molecule has 2 heterocycles. The second kappa shape index (κ2) is 7.05. The Kier molecular flexibility index (Phi) is 6.34. The van der Waals surface area contributed by atoms with Gasteiger partial charge in [0.15, 0.2) is 0 Å². The van der Waals surface area contributed by atoms with Gasteiger partial charge in [-0.3, -0.25) is 0 Å². The van der Waals surface area contributed by atoms with Crippen molar-refractivity contribution in [1.29, 1.82) is 0 Å². The molecule has 5 nitrogen and oxygen atoms in total. The molecule has 0 aromatic carbocycles. The number of hydrogen-bond acceptors (Lipinski definition) is 4. The zero-order chi connectivity index (χ0) is 12.3. The Morgan fingerprint density at radius 2 is 2.00 bits per heavy atom. The van der Waals surface area contributed by atoms with E-state index in [0.717, 1.165) is 12.8 Å². The summed E-state index contributed by atoms with van der Waals surface area (Å²) in [4.78, 5) is 0. The molecule has 2 saturated heterocycles. The summed E-state index contributed by atoms with van der Waals surface area (Å²) in [5, 5.41) is 3.48. The van der Waals surface area contributed by atoms with E-state index < -0.39 is 10.0 Å². The average molecular weight is 299 g/mol. The first-order valence-electron chi connectivity index (χ1n) is 6.43. The molecule has 0 spiro atoms. The van der Waals surface area contributed by atoms with E-state index in [4.69, 9.17) is 4.74 Å². The molecule has 2 atom stereocenters. The smallest absolute Gasteiger partial charge is 0.216 e. The number of rotatable bonds is 5. The van der Waals surface area contributed by atoms with E-state index in [1.165, 1.54) is 6.42 Å². The third-order valence-electron chi connectivity index (χ3n) is 3.57. The monoisotopic (exact) mass is 298 g/mol. The molecule has 0 saturated carbocycles. The van der Waals surface area contributed by atoms with E-state index in [1.807, 2.05) is 6.92 Å². The number of ether oxygens (including phenoxy) is 1. The Balaban J connectivity index is 0.00000162. The maximum Gasteiger partial charge on any atom is 0.216 e. The van der Waals surface area contributed by atoms with Gasteiger partial charge in [-0.2, -0.15) is 0 Å². The Labute approximate surface area is 116 Å². The Hall–Kier alpha value is 0.120. The topological polar surface area (TPSA) is 58.6 Å². The van der Waals surface area contributed by atoms with Crippen LogP contribution in [0.1, 0.15) is 26.2 Å². The molecule has 0 aliphatic carbocycles. The van der Waals surface area contributed by atoms with Gasteiger partial charge < -0.3 is 10.1 Å². The SMILES string of the molecule is CCOCCS(=O)(=O)N1CCC2CCC(C1)N2.Cl. The van der Waals surface area contributed by atoms with E-state index in [0.29, 0.717) is 38.4 Å². The van der Waals surface area contributed by atoms with E-state index in [2.05, 4.69) is 5.32 Å².